The second-order valence-electron chi connectivity index (χ2n) is 9.37. The summed E-state index contributed by atoms with van der Waals surface area (Å²) < 4.78 is 5.21. The van der Waals surface area contributed by atoms with E-state index in [0.717, 1.165) is 22.3 Å². The highest BCUT2D eigenvalue weighted by molar-refractivity contribution is 5.84. The SMILES string of the molecule is O=C(NCC(=O)N(Cc1ccccc1)Cc1ccccc1)OCC(=O)N(Cc1ccccc1)Cc1ccccc1. The third-order valence-corrected chi connectivity index (χ3v) is 6.28. The van der Waals surface area contributed by atoms with E-state index in [4.69, 9.17) is 4.74 Å². The number of benzene rings is 4. The summed E-state index contributed by atoms with van der Waals surface area (Å²) in [7, 11) is 0. The molecule has 0 fully saturated rings. The zero-order valence-corrected chi connectivity index (χ0v) is 22.3. The molecule has 0 radical (unpaired) electrons. The molecule has 1 N–H and O–H groups in total. The maximum absolute atomic E-state index is 13.1. The van der Waals surface area contributed by atoms with Crippen molar-refractivity contribution in [3.05, 3.63) is 144 Å². The van der Waals surface area contributed by atoms with Crippen LogP contribution in [-0.2, 0) is 40.5 Å². The van der Waals surface area contributed by atoms with E-state index in [-0.39, 0.29) is 18.4 Å². The van der Waals surface area contributed by atoms with Crippen LogP contribution in [0.4, 0.5) is 4.79 Å². The topological polar surface area (TPSA) is 79.0 Å². The van der Waals surface area contributed by atoms with Crippen LogP contribution in [0.2, 0.25) is 0 Å². The van der Waals surface area contributed by atoms with E-state index in [1.54, 1.807) is 9.80 Å². The van der Waals surface area contributed by atoms with E-state index >= 15 is 0 Å². The van der Waals surface area contributed by atoms with Crippen molar-refractivity contribution in [3.63, 3.8) is 0 Å². The van der Waals surface area contributed by atoms with Crippen molar-refractivity contribution in [2.45, 2.75) is 26.2 Å². The first kappa shape index (κ1) is 28.1. The molecule has 0 saturated heterocycles. The third kappa shape index (κ3) is 9.13. The Labute approximate surface area is 235 Å². The number of rotatable bonds is 12. The molecular formula is C33H33N3O4. The molecule has 0 saturated carbocycles. The lowest BCUT2D eigenvalue weighted by molar-refractivity contribution is -0.135. The molecule has 0 aliphatic heterocycles. The summed E-state index contributed by atoms with van der Waals surface area (Å²) in [5, 5.41) is 2.51. The van der Waals surface area contributed by atoms with E-state index < -0.39 is 12.7 Å². The quantitative estimate of drug-likeness (QED) is 0.272. The molecule has 0 heterocycles. The predicted molar refractivity (Wildman–Crippen MR) is 154 cm³/mol. The third-order valence-electron chi connectivity index (χ3n) is 6.28. The van der Waals surface area contributed by atoms with Crippen LogP contribution >= 0.6 is 0 Å². The Morgan fingerprint density at radius 3 is 1.18 bits per heavy atom. The van der Waals surface area contributed by atoms with Gasteiger partial charge < -0.3 is 19.9 Å². The van der Waals surface area contributed by atoms with E-state index in [1.165, 1.54) is 0 Å². The summed E-state index contributed by atoms with van der Waals surface area (Å²) in [6, 6.07) is 38.6. The normalized spacial score (nSPS) is 10.4. The molecule has 4 aromatic rings. The van der Waals surface area contributed by atoms with Crippen molar-refractivity contribution in [1.29, 1.82) is 0 Å². The first-order chi connectivity index (χ1) is 19.6. The number of hydrogen-bond donors (Lipinski definition) is 1. The lowest BCUT2D eigenvalue weighted by atomic mass is 10.1. The van der Waals surface area contributed by atoms with Crippen molar-refractivity contribution in [2.24, 2.45) is 0 Å². The highest BCUT2D eigenvalue weighted by atomic mass is 16.6. The smallest absolute Gasteiger partial charge is 0.408 e. The molecule has 0 spiro atoms. The molecule has 3 amide bonds. The number of carbonyl (C=O) groups is 3. The molecule has 4 rings (SSSR count). The number of nitrogens with one attached hydrogen (secondary N) is 1. The van der Waals surface area contributed by atoms with Crippen LogP contribution < -0.4 is 5.32 Å². The fourth-order valence-electron chi connectivity index (χ4n) is 4.21. The summed E-state index contributed by atoms with van der Waals surface area (Å²) >= 11 is 0. The van der Waals surface area contributed by atoms with Crippen LogP contribution in [0, 0.1) is 0 Å². The molecule has 4 aromatic carbocycles. The summed E-state index contributed by atoms with van der Waals surface area (Å²) in [6.45, 7) is 0.884. The Morgan fingerprint density at radius 1 is 0.500 bits per heavy atom. The van der Waals surface area contributed by atoms with E-state index in [2.05, 4.69) is 5.32 Å². The molecule has 7 heteroatoms. The number of amides is 3. The van der Waals surface area contributed by atoms with E-state index in [0.29, 0.717) is 26.2 Å². The Kier molecular flexibility index (Phi) is 10.5. The Balaban J connectivity index is 1.32. The molecular weight excluding hydrogens is 502 g/mol. The first-order valence-corrected chi connectivity index (χ1v) is 13.2. The average Bonchev–Trinajstić information content (AvgIpc) is 3.00. The minimum absolute atomic E-state index is 0.246. The van der Waals surface area contributed by atoms with Gasteiger partial charge in [-0.15, -0.1) is 0 Å². The zero-order chi connectivity index (χ0) is 28.0. The average molecular weight is 536 g/mol. The van der Waals surface area contributed by atoms with Crippen molar-refractivity contribution < 1.29 is 19.1 Å². The second-order valence-corrected chi connectivity index (χ2v) is 9.37. The second kappa shape index (κ2) is 14.9. The molecule has 0 aromatic heterocycles. The Morgan fingerprint density at radius 2 is 0.825 bits per heavy atom. The molecule has 0 bridgehead atoms. The van der Waals surface area contributed by atoms with Gasteiger partial charge in [0.2, 0.25) is 5.91 Å². The van der Waals surface area contributed by atoms with Gasteiger partial charge in [0.15, 0.2) is 6.61 Å². The van der Waals surface area contributed by atoms with E-state index in [9.17, 15) is 14.4 Å². The van der Waals surface area contributed by atoms with Crippen molar-refractivity contribution >= 4 is 17.9 Å². The molecule has 40 heavy (non-hydrogen) atoms. The van der Waals surface area contributed by atoms with Crippen LogP contribution in [0.3, 0.4) is 0 Å². The monoisotopic (exact) mass is 535 g/mol. The van der Waals surface area contributed by atoms with Gasteiger partial charge in [0, 0.05) is 26.2 Å². The maximum Gasteiger partial charge on any atom is 0.408 e. The zero-order valence-electron chi connectivity index (χ0n) is 22.3. The minimum atomic E-state index is -0.819. The summed E-state index contributed by atoms with van der Waals surface area (Å²) in [4.78, 5) is 41.9. The Hall–Kier alpha value is -4.91. The molecule has 204 valence electrons. The predicted octanol–water partition coefficient (Wildman–Crippen LogP) is 5.17. The standard InChI is InChI=1S/C33H33N3O4/c37-31(35(22-27-13-5-1-6-14-27)23-28-15-7-2-8-16-28)21-34-33(39)40-26-32(38)36(24-29-17-9-3-10-18-29)25-30-19-11-4-12-20-30/h1-20H,21-26H2,(H,34,39). The van der Waals surface area contributed by atoms with Crippen LogP contribution in [0.1, 0.15) is 22.3 Å². The van der Waals surface area contributed by atoms with Crippen LogP contribution in [0.25, 0.3) is 0 Å². The van der Waals surface area contributed by atoms with Gasteiger partial charge in [-0.05, 0) is 22.3 Å². The lowest BCUT2D eigenvalue weighted by Crippen LogP contribution is -2.41. The van der Waals surface area contributed by atoms with Crippen molar-refractivity contribution in [2.75, 3.05) is 13.2 Å². The molecule has 0 atom stereocenters. The highest BCUT2D eigenvalue weighted by Gasteiger charge is 2.19. The van der Waals surface area contributed by atoms with Crippen LogP contribution in [0.5, 0.6) is 0 Å². The van der Waals surface area contributed by atoms with Gasteiger partial charge in [-0.25, -0.2) is 4.79 Å². The lowest BCUT2D eigenvalue weighted by Gasteiger charge is -2.24. The van der Waals surface area contributed by atoms with Gasteiger partial charge in [-0.1, -0.05) is 121 Å². The van der Waals surface area contributed by atoms with Gasteiger partial charge in [-0.2, -0.15) is 0 Å². The van der Waals surface area contributed by atoms with E-state index in [1.807, 2.05) is 121 Å². The number of nitrogens with zero attached hydrogens (tertiary/aromatic N) is 2. The largest absolute Gasteiger partial charge is 0.439 e. The number of hydrogen-bond acceptors (Lipinski definition) is 4. The summed E-state index contributed by atoms with van der Waals surface area (Å²) in [6.07, 6.45) is -0.819. The maximum atomic E-state index is 13.1. The first-order valence-electron chi connectivity index (χ1n) is 13.2. The fourth-order valence-corrected chi connectivity index (χ4v) is 4.21. The molecule has 0 unspecified atom stereocenters. The van der Waals surface area contributed by atoms with Crippen molar-refractivity contribution in [1.82, 2.24) is 15.1 Å². The Bertz CT molecular complexity index is 1160. The number of alkyl carbamates (subject to hydrolysis) is 1. The fraction of sp³-hybridized carbons (Fsp3) is 0.182. The van der Waals surface area contributed by atoms with Gasteiger partial charge in [0.1, 0.15) is 6.54 Å². The van der Waals surface area contributed by atoms with Crippen LogP contribution in [-0.4, -0.2) is 40.9 Å². The number of ether oxygens (including phenoxy) is 1. The summed E-state index contributed by atoms with van der Waals surface area (Å²) in [5.74, 6) is -0.588. The van der Waals surface area contributed by atoms with Crippen molar-refractivity contribution in [3.8, 4) is 0 Å². The van der Waals surface area contributed by atoms with Gasteiger partial charge in [-0.3, -0.25) is 9.59 Å². The van der Waals surface area contributed by atoms with Gasteiger partial charge >= 0.3 is 6.09 Å². The molecule has 0 aliphatic rings. The highest BCUT2D eigenvalue weighted by Crippen LogP contribution is 2.12. The molecule has 0 aliphatic carbocycles. The minimum Gasteiger partial charge on any atom is -0.439 e. The van der Waals surface area contributed by atoms with Gasteiger partial charge in [0.05, 0.1) is 0 Å². The van der Waals surface area contributed by atoms with Gasteiger partial charge in [0.25, 0.3) is 5.91 Å². The molecule has 7 nitrogen and oxygen atoms in total. The summed E-state index contributed by atoms with van der Waals surface area (Å²) in [5.41, 5.74) is 3.91. The van der Waals surface area contributed by atoms with Crippen LogP contribution in [0.15, 0.2) is 121 Å². The number of carbonyl (C=O) groups excluding carboxylic acids is 3.